The van der Waals surface area contributed by atoms with E-state index in [0.29, 0.717) is 0 Å². The lowest BCUT2D eigenvalue weighted by atomic mass is 10.2. The van der Waals surface area contributed by atoms with E-state index in [2.05, 4.69) is 26.2 Å². The third-order valence-electron chi connectivity index (χ3n) is 2.60. The van der Waals surface area contributed by atoms with Gasteiger partial charge in [0.2, 0.25) is 0 Å². The number of imidazole rings is 1. The van der Waals surface area contributed by atoms with Gasteiger partial charge in [0.05, 0.1) is 6.33 Å². The molecule has 0 amide bonds. The van der Waals surface area contributed by atoms with E-state index in [9.17, 15) is 0 Å². The molecule has 0 saturated carbocycles. The van der Waals surface area contributed by atoms with Crippen molar-refractivity contribution >= 4 is 27.3 Å². The molecule has 5 heteroatoms. The van der Waals surface area contributed by atoms with Crippen LogP contribution in [0.2, 0.25) is 0 Å². The molecule has 2 aromatic rings. The number of nitrogen functional groups attached to an aromatic ring is 1. The van der Waals surface area contributed by atoms with Gasteiger partial charge in [-0.05, 0) is 40.5 Å². The molecule has 1 aromatic heterocycles. The molecule has 0 saturated heterocycles. The van der Waals surface area contributed by atoms with Gasteiger partial charge in [-0.1, -0.05) is 0 Å². The summed E-state index contributed by atoms with van der Waals surface area (Å²) in [7, 11) is 0. The lowest BCUT2D eigenvalue weighted by Crippen LogP contribution is -2.09. The normalized spacial score (nSPS) is 10.5. The van der Waals surface area contributed by atoms with Crippen molar-refractivity contribution in [2.75, 3.05) is 17.6 Å². The minimum absolute atomic E-state index is 0.803. The molecule has 17 heavy (non-hydrogen) atoms. The molecule has 0 unspecified atom stereocenters. The van der Waals surface area contributed by atoms with Crippen molar-refractivity contribution in [3.8, 4) is 0 Å². The second-order valence-electron chi connectivity index (χ2n) is 3.92. The minimum atomic E-state index is 0.803. The van der Waals surface area contributed by atoms with Crippen LogP contribution < -0.4 is 11.1 Å². The molecule has 4 nitrogen and oxygen atoms in total. The summed E-state index contributed by atoms with van der Waals surface area (Å²) in [5.41, 5.74) is 8.78. The predicted octanol–water partition coefficient (Wildman–Crippen LogP) is 2.65. The molecule has 1 aromatic carbocycles. The molecular formula is C12H15BrN4. The molecule has 3 N–H and O–H groups in total. The largest absolute Gasteiger partial charge is 0.398 e. The van der Waals surface area contributed by atoms with E-state index in [1.807, 2.05) is 36.1 Å². The number of anilines is 2. The zero-order valence-electron chi connectivity index (χ0n) is 9.65. The quantitative estimate of drug-likeness (QED) is 0.853. The van der Waals surface area contributed by atoms with Gasteiger partial charge in [0.25, 0.3) is 0 Å². The second-order valence-corrected chi connectivity index (χ2v) is 4.77. The molecular weight excluding hydrogens is 280 g/mol. The van der Waals surface area contributed by atoms with Gasteiger partial charge in [-0.3, -0.25) is 0 Å². The van der Waals surface area contributed by atoms with Crippen LogP contribution in [0.3, 0.4) is 0 Å². The number of nitrogens with two attached hydrogens (primary N) is 1. The Labute approximate surface area is 109 Å². The van der Waals surface area contributed by atoms with Crippen LogP contribution in [0.5, 0.6) is 0 Å². The number of aryl methyl sites for hydroxylation is 1. The van der Waals surface area contributed by atoms with Crippen LogP contribution in [0.1, 0.15) is 5.56 Å². The van der Waals surface area contributed by atoms with Gasteiger partial charge in [-0.2, -0.15) is 0 Å². The first-order valence-electron chi connectivity index (χ1n) is 5.42. The molecule has 0 bridgehead atoms. The Bertz CT molecular complexity index is 493. The number of rotatable bonds is 4. The van der Waals surface area contributed by atoms with Crippen LogP contribution in [0.4, 0.5) is 11.4 Å². The minimum Gasteiger partial charge on any atom is -0.398 e. The molecule has 0 fully saturated rings. The van der Waals surface area contributed by atoms with E-state index in [4.69, 9.17) is 5.73 Å². The first-order valence-corrected chi connectivity index (χ1v) is 6.21. The Balaban J connectivity index is 1.97. The van der Waals surface area contributed by atoms with E-state index in [1.54, 1.807) is 6.20 Å². The fourth-order valence-electron chi connectivity index (χ4n) is 1.57. The number of hydrogen-bond donors (Lipinski definition) is 2. The van der Waals surface area contributed by atoms with E-state index >= 15 is 0 Å². The second kappa shape index (κ2) is 5.23. The predicted molar refractivity (Wildman–Crippen MR) is 74.0 cm³/mol. The fraction of sp³-hybridized carbons (Fsp3) is 0.250. The van der Waals surface area contributed by atoms with Gasteiger partial charge in [-0.25, -0.2) is 4.98 Å². The van der Waals surface area contributed by atoms with Crippen LogP contribution in [-0.4, -0.2) is 16.1 Å². The molecule has 90 valence electrons. The molecule has 0 atom stereocenters. The molecule has 1 heterocycles. The summed E-state index contributed by atoms with van der Waals surface area (Å²) in [5.74, 6) is 0. The summed E-state index contributed by atoms with van der Waals surface area (Å²) < 4.78 is 3.02. The van der Waals surface area contributed by atoms with Crippen molar-refractivity contribution in [1.29, 1.82) is 0 Å². The topological polar surface area (TPSA) is 55.9 Å². The van der Waals surface area contributed by atoms with E-state index < -0.39 is 0 Å². The van der Waals surface area contributed by atoms with Gasteiger partial charge < -0.3 is 15.6 Å². The number of aromatic nitrogens is 2. The lowest BCUT2D eigenvalue weighted by molar-refractivity contribution is 0.727. The summed E-state index contributed by atoms with van der Waals surface area (Å²) >= 11 is 3.50. The van der Waals surface area contributed by atoms with Crippen LogP contribution in [0.25, 0.3) is 0 Å². The average Bonchev–Trinajstić information content (AvgIpc) is 2.78. The summed E-state index contributed by atoms with van der Waals surface area (Å²) in [6.07, 6.45) is 5.54. The monoisotopic (exact) mass is 294 g/mol. The number of nitrogens with zero attached hydrogens (tertiary/aromatic N) is 2. The highest BCUT2D eigenvalue weighted by Gasteiger charge is 2.02. The SMILES string of the molecule is Cc1cc(NCCn2ccnc2)c(Br)cc1N. The van der Waals surface area contributed by atoms with Crippen molar-refractivity contribution in [1.82, 2.24) is 9.55 Å². The standard InChI is InChI=1S/C12H15BrN4/c1-9-6-12(10(13)7-11(9)14)16-3-5-17-4-2-15-8-17/h2,4,6-8,16H,3,5,14H2,1H3. The van der Waals surface area contributed by atoms with Crippen LogP contribution in [0.15, 0.2) is 35.3 Å². The number of halogens is 1. The maximum Gasteiger partial charge on any atom is 0.0946 e. The molecule has 0 aliphatic carbocycles. The van der Waals surface area contributed by atoms with Gasteiger partial charge >= 0.3 is 0 Å². The van der Waals surface area contributed by atoms with E-state index in [-0.39, 0.29) is 0 Å². The number of nitrogens with one attached hydrogen (secondary N) is 1. The molecule has 2 rings (SSSR count). The Morgan fingerprint density at radius 3 is 3.00 bits per heavy atom. The Hall–Kier alpha value is -1.49. The van der Waals surface area contributed by atoms with Gasteiger partial charge in [0, 0.05) is 41.3 Å². The van der Waals surface area contributed by atoms with Crippen LogP contribution in [-0.2, 0) is 6.54 Å². The molecule has 0 radical (unpaired) electrons. The Kier molecular flexibility index (Phi) is 3.68. The highest BCUT2D eigenvalue weighted by Crippen LogP contribution is 2.27. The highest BCUT2D eigenvalue weighted by atomic mass is 79.9. The summed E-state index contributed by atoms with van der Waals surface area (Å²) in [5, 5.41) is 3.37. The first-order chi connectivity index (χ1) is 8.16. The smallest absolute Gasteiger partial charge is 0.0946 e. The molecule has 0 spiro atoms. The van der Waals surface area contributed by atoms with Crippen molar-refractivity contribution in [3.63, 3.8) is 0 Å². The Morgan fingerprint density at radius 1 is 1.47 bits per heavy atom. The highest BCUT2D eigenvalue weighted by molar-refractivity contribution is 9.10. The molecule has 0 aliphatic heterocycles. The van der Waals surface area contributed by atoms with Gasteiger partial charge in [0.1, 0.15) is 0 Å². The first kappa shape index (κ1) is 12.0. The summed E-state index contributed by atoms with van der Waals surface area (Å²) in [6, 6.07) is 3.97. The fourth-order valence-corrected chi connectivity index (χ4v) is 2.07. The average molecular weight is 295 g/mol. The molecule has 0 aliphatic rings. The maximum atomic E-state index is 5.83. The third kappa shape index (κ3) is 3.00. The number of hydrogen-bond acceptors (Lipinski definition) is 3. The van der Waals surface area contributed by atoms with Crippen LogP contribution >= 0.6 is 15.9 Å². The van der Waals surface area contributed by atoms with E-state index in [0.717, 1.165) is 34.5 Å². The van der Waals surface area contributed by atoms with Crippen molar-refractivity contribution in [3.05, 3.63) is 40.9 Å². The maximum absolute atomic E-state index is 5.83. The van der Waals surface area contributed by atoms with Crippen molar-refractivity contribution in [2.24, 2.45) is 0 Å². The number of benzene rings is 1. The van der Waals surface area contributed by atoms with Crippen molar-refractivity contribution < 1.29 is 0 Å². The zero-order chi connectivity index (χ0) is 12.3. The van der Waals surface area contributed by atoms with E-state index in [1.165, 1.54) is 0 Å². The summed E-state index contributed by atoms with van der Waals surface area (Å²) in [4.78, 5) is 4.00. The van der Waals surface area contributed by atoms with Gasteiger partial charge in [0.15, 0.2) is 0 Å². The lowest BCUT2D eigenvalue weighted by Gasteiger charge is -2.11. The van der Waals surface area contributed by atoms with Crippen molar-refractivity contribution in [2.45, 2.75) is 13.5 Å². The third-order valence-corrected chi connectivity index (χ3v) is 3.26. The summed E-state index contributed by atoms with van der Waals surface area (Å²) in [6.45, 7) is 3.73. The van der Waals surface area contributed by atoms with Crippen LogP contribution in [0, 0.1) is 6.92 Å². The zero-order valence-corrected chi connectivity index (χ0v) is 11.2. The Morgan fingerprint density at radius 2 is 2.29 bits per heavy atom. The van der Waals surface area contributed by atoms with Gasteiger partial charge in [-0.15, -0.1) is 0 Å².